The van der Waals surface area contributed by atoms with Gasteiger partial charge < -0.3 is 19.7 Å². The molecule has 0 fully saturated rings. The van der Waals surface area contributed by atoms with Gasteiger partial charge in [-0.2, -0.15) is 0 Å². The molecule has 1 aliphatic heterocycles. The second-order valence-corrected chi connectivity index (χ2v) is 5.18. The maximum Gasteiger partial charge on any atom is 0.305 e. The first-order chi connectivity index (χ1) is 10.5. The molecule has 0 aliphatic carbocycles. The number of rotatable bonds is 2. The van der Waals surface area contributed by atoms with Crippen LogP contribution < -0.4 is 4.74 Å². The van der Waals surface area contributed by atoms with E-state index in [2.05, 4.69) is 0 Å². The quantitative estimate of drug-likeness (QED) is 0.654. The fourth-order valence-electron chi connectivity index (χ4n) is 2.66. The SMILES string of the molecule is CC(=O)O[C@]1(O)c2ccccc2O[C@H](c2ccccc2)[C@H]1O. The van der Waals surface area contributed by atoms with Gasteiger partial charge in [0, 0.05) is 6.92 Å². The van der Waals surface area contributed by atoms with Gasteiger partial charge in [-0.1, -0.05) is 42.5 Å². The van der Waals surface area contributed by atoms with Crippen LogP contribution in [0.3, 0.4) is 0 Å². The van der Waals surface area contributed by atoms with Crippen molar-refractivity contribution in [1.82, 2.24) is 0 Å². The lowest BCUT2D eigenvalue weighted by Gasteiger charge is -2.41. The molecule has 0 bridgehead atoms. The van der Waals surface area contributed by atoms with Gasteiger partial charge >= 0.3 is 5.97 Å². The molecule has 0 aromatic heterocycles. The van der Waals surface area contributed by atoms with Crippen molar-refractivity contribution in [2.45, 2.75) is 24.9 Å². The van der Waals surface area contributed by atoms with E-state index in [1.54, 1.807) is 48.5 Å². The minimum atomic E-state index is -2.15. The Morgan fingerprint density at radius 2 is 1.77 bits per heavy atom. The second kappa shape index (κ2) is 5.44. The van der Waals surface area contributed by atoms with Crippen LogP contribution in [0.15, 0.2) is 54.6 Å². The Hall–Kier alpha value is -2.37. The number of carbonyl (C=O) groups excluding carboxylic acids is 1. The average molecular weight is 300 g/mol. The number of aliphatic hydroxyl groups excluding tert-OH is 1. The van der Waals surface area contributed by atoms with E-state index in [9.17, 15) is 15.0 Å². The van der Waals surface area contributed by atoms with Gasteiger partial charge in [-0.25, -0.2) is 0 Å². The highest BCUT2D eigenvalue weighted by Crippen LogP contribution is 2.45. The molecule has 0 unspecified atom stereocenters. The summed E-state index contributed by atoms with van der Waals surface area (Å²) in [5, 5.41) is 21.4. The Bertz CT molecular complexity index is 684. The molecule has 2 aromatic rings. The molecule has 0 saturated heterocycles. The van der Waals surface area contributed by atoms with Crippen LogP contribution >= 0.6 is 0 Å². The summed E-state index contributed by atoms with van der Waals surface area (Å²) in [4.78, 5) is 11.4. The molecule has 0 amide bonds. The van der Waals surface area contributed by atoms with E-state index in [-0.39, 0.29) is 5.56 Å². The largest absolute Gasteiger partial charge is 0.482 e. The van der Waals surface area contributed by atoms with Gasteiger partial charge in [0.25, 0.3) is 5.79 Å². The van der Waals surface area contributed by atoms with Crippen LogP contribution in [0.5, 0.6) is 5.75 Å². The Kier molecular flexibility index (Phi) is 3.60. The minimum Gasteiger partial charge on any atom is -0.482 e. The topological polar surface area (TPSA) is 76.0 Å². The van der Waals surface area contributed by atoms with Crippen LogP contribution in [0.1, 0.15) is 24.2 Å². The maximum atomic E-state index is 11.4. The van der Waals surface area contributed by atoms with Crippen molar-refractivity contribution in [1.29, 1.82) is 0 Å². The van der Waals surface area contributed by atoms with Crippen LogP contribution in [0.4, 0.5) is 0 Å². The highest BCUT2D eigenvalue weighted by molar-refractivity contribution is 5.67. The highest BCUT2D eigenvalue weighted by Gasteiger charge is 2.52. The van der Waals surface area contributed by atoms with E-state index in [1.807, 2.05) is 6.07 Å². The van der Waals surface area contributed by atoms with Crippen LogP contribution in [0.2, 0.25) is 0 Å². The van der Waals surface area contributed by atoms with Gasteiger partial charge in [-0.15, -0.1) is 0 Å². The fraction of sp³-hybridized carbons (Fsp3) is 0.235. The van der Waals surface area contributed by atoms with Gasteiger partial charge in [-0.05, 0) is 17.7 Å². The summed E-state index contributed by atoms with van der Waals surface area (Å²) in [6, 6.07) is 15.6. The first-order valence-electron chi connectivity index (χ1n) is 6.93. The van der Waals surface area contributed by atoms with E-state index in [1.165, 1.54) is 6.92 Å². The molecule has 5 nitrogen and oxygen atoms in total. The van der Waals surface area contributed by atoms with Crippen molar-refractivity contribution in [3.05, 3.63) is 65.7 Å². The zero-order valence-corrected chi connectivity index (χ0v) is 12.0. The molecule has 5 heteroatoms. The maximum absolute atomic E-state index is 11.4. The molecule has 3 rings (SSSR count). The van der Waals surface area contributed by atoms with Crippen LogP contribution in [0, 0.1) is 0 Å². The highest BCUT2D eigenvalue weighted by atomic mass is 16.7. The van der Waals surface area contributed by atoms with E-state index in [0.717, 1.165) is 0 Å². The lowest BCUT2D eigenvalue weighted by Crippen LogP contribution is -2.50. The fourth-order valence-corrected chi connectivity index (χ4v) is 2.66. The van der Waals surface area contributed by atoms with Crippen LogP contribution in [-0.2, 0) is 15.3 Å². The zero-order chi connectivity index (χ0) is 15.7. The predicted octanol–water partition coefficient (Wildman–Crippen LogP) is 1.89. The third-order valence-electron chi connectivity index (χ3n) is 3.64. The average Bonchev–Trinajstić information content (AvgIpc) is 2.51. The summed E-state index contributed by atoms with van der Waals surface area (Å²) in [6.07, 6.45) is -2.30. The summed E-state index contributed by atoms with van der Waals surface area (Å²) in [7, 11) is 0. The zero-order valence-electron chi connectivity index (χ0n) is 12.0. The number of ether oxygens (including phenoxy) is 2. The number of hydrogen-bond acceptors (Lipinski definition) is 5. The van der Waals surface area contributed by atoms with E-state index in [0.29, 0.717) is 11.3 Å². The minimum absolute atomic E-state index is 0.227. The molecular weight excluding hydrogens is 284 g/mol. The third-order valence-corrected chi connectivity index (χ3v) is 3.64. The lowest BCUT2D eigenvalue weighted by molar-refractivity contribution is -0.278. The summed E-state index contributed by atoms with van der Waals surface area (Å²) in [6.45, 7) is 1.18. The van der Waals surface area contributed by atoms with Crippen molar-refractivity contribution in [3.63, 3.8) is 0 Å². The Labute approximate surface area is 127 Å². The first kappa shape index (κ1) is 14.6. The molecule has 3 atom stereocenters. The number of fused-ring (bicyclic) bond motifs is 1. The normalized spacial score (nSPS) is 26.7. The number of para-hydroxylation sites is 1. The van der Waals surface area contributed by atoms with Crippen LogP contribution in [0.25, 0.3) is 0 Å². The molecule has 22 heavy (non-hydrogen) atoms. The number of aliphatic hydroxyl groups is 2. The van der Waals surface area contributed by atoms with Crippen molar-refractivity contribution in [2.75, 3.05) is 0 Å². The van der Waals surface area contributed by atoms with Gasteiger partial charge in [0.2, 0.25) is 0 Å². The molecule has 0 saturated carbocycles. The van der Waals surface area contributed by atoms with Crippen molar-refractivity contribution in [2.24, 2.45) is 0 Å². The number of carbonyl (C=O) groups is 1. The molecule has 2 N–H and O–H groups in total. The van der Waals surface area contributed by atoms with Gasteiger partial charge in [-0.3, -0.25) is 4.79 Å². The molecule has 1 aliphatic rings. The number of benzene rings is 2. The number of hydrogen-bond donors (Lipinski definition) is 2. The number of esters is 1. The second-order valence-electron chi connectivity index (χ2n) is 5.18. The Morgan fingerprint density at radius 1 is 1.14 bits per heavy atom. The van der Waals surface area contributed by atoms with Gasteiger partial charge in [0.1, 0.15) is 5.75 Å². The summed E-state index contributed by atoms with van der Waals surface area (Å²) in [5.74, 6) is -2.48. The Balaban J connectivity index is 2.10. The lowest BCUT2D eigenvalue weighted by atomic mass is 9.89. The first-order valence-corrected chi connectivity index (χ1v) is 6.93. The van der Waals surface area contributed by atoms with Crippen molar-refractivity contribution < 1.29 is 24.5 Å². The molecular formula is C17H16O5. The summed E-state index contributed by atoms with van der Waals surface area (Å²) >= 11 is 0. The van der Waals surface area contributed by atoms with E-state index < -0.39 is 24.0 Å². The molecule has 2 aromatic carbocycles. The molecule has 114 valence electrons. The van der Waals surface area contributed by atoms with Crippen LogP contribution in [-0.4, -0.2) is 22.3 Å². The van der Waals surface area contributed by atoms with Gasteiger partial charge in [0.15, 0.2) is 12.2 Å². The smallest absolute Gasteiger partial charge is 0.305 e. The predicted molar refractivity (Wildman–Crippen MR) is 77.9 cm³/mol. The molecule has 1 heterocycles. The standard InChI is InChI=1S/C17H16O5/c1-11(18)22-17(20)13-9-5-6-10-14(13)21-15(16(17)19)12-7-3-2-4-8-12/h2-10,15-16,19-20H,1H3/t15-,16-,17-/m1/s1. The van der Waals surface area contributed by atoms with E-state index in [4.69, 9.17) is 9.47 Å². The monoisotopic (exact) mass is 300 g/mol. The summed E-state index contributed by atoms with van der Waals surface area (Å²) in [5.41, 5.74) is 0.903. The molecule has 0 radical (unpaired) electrons. The van der Waals surface area contributed by atoms with Crippen molar-refractivity contribution >= 4 is 5.97 Å². The summed E-state index contributed by atoms with van der Waals surface area (Å²) < 4.78 is 10.9. The van der Waals surface area contributed by atoms with E-state index >= 15 is 0 Å². The van der Waals surface area contributed by atoms with Gasteiger partial charge in [0.05, 0.1) is 5.56 Å². The molecule has 0 spiro atoms. The third kappa shape index (κ3) is 2.34. The van der Waals surface area contributed by atoms with Crippen molar-refractivity contribution in [3.8, 4) is 5.75 Å². The Morgan fingerprint density at radius 3 is 2.45 bits per heavy atom.